The minimum absolute atomic E-state index is 0.0870. The van der Waals surface area contributed by atoms with Crippen LogP contribution in [0.1, 0.15) is 69.8 Å². The zero-order valence-electron chi connectivity index (χ0n) is 14.5. The Kier molecular flexibility index (Phi) is 5.90. The summed E-state index contributed by atoms with van der Waals surface area (Å²) in [5.41, 5.74) is 0.553. The van der Waals surface area contributed by atoms with Crippen LogP contribution in [0, 0.1) is 29.4 Å². The van der Waals surface area contributed by atoms with Gasteiger partial charge in [-0.15, -0.1) is 0 Å². The number of rotatable bonds is 4. The second-order valence-electron chi connectivity index (χ2n) is 7.58. The number of halogens is 4. The van der Waals surface area contributed by atoms with Crippen LogP contribution >= 0.6 is 0 Å². The van der Waals surface area contributed by atoms with E-state index in [0.29, 0.717) is 11.5 Å². The molecule has 0 aliphatic heterocycles. The number of alkyl halides is 2. The van der Waals surface area contributed by atoms with Crippen molar-refractivity contribution in [3.8, 4) is 5.75 Å². The first-order chi connectivity index (χ1) is 11.9. The molecule has 2 aliphatic rings. The molecule has 2 aliphatic carbocycles. The Balaban J connectivity index is 1.61. The molecule has 3 rings (SSSR count). The van der Waals surface area contributed by atoms with Gasteiger partial charge in [0.2, 0.25) is 0 Å². The first kappa shape index (κ1) is 18.5. The molecule has 0 amide bonds. The van der Waals surface area contributed by atoms with Crippen LogP contribution in [0.5, 0.6) is 5.75 Å². The minimum atomic E-state index is -3.24. The standard InChI is InChI=1S/C20H25F4O/c1-12-2-4-13(5-3-12)14-6-8-15(9-7-14)16-10-17(21)19(18(22)11-16)25-20(23)24/h10-12,14-15,20H,2-9H2,1H3. The summed E-state index contributed by atoms with van der Waals surface area (Å²) in [4.78, 5) is 0. The van der Waals surface area contributed by atoms with Crippen molar-refractivity contribution in [1.82, 2.24) is 0 Å². The van der Waals surface area contributed by atoms with Crippen molar-refractivity contribution in [2.75, 3.05) is 0 Å². The lowest BCUT2D eigenvalue weighted by molar-refractivity contribution is -0.0546. The van der Waals surface area contributed by atoms with E-state index in [1.165, 1.54) is 25.7 Å². The van der Waals surface area contributed by atoms with Gasteiger partial charge in [-0.25, -0.2) is 8.78 Å². The maximum atomic E-state index is 13.9. The van der Waals surface area contributed by atoms with E-state index < -0.39 is 24.0 Å². The third-order valence-electron chi connectivity index (χ3n) is 5.92. The highest BCUT2D eigenvalue weighted by atomic mass is 19.3. The van der Waals surface area contributed by atoms with Crippen LogP contribution in [0.3, 0.4) is 0 Å². The molecule has 1 aromatic rings. The highest BCUT2D eigenvalue weighted by molar-refractivity contribution is 5.33. The summed E-state index contributed by atoms with van der Waals surface area (Å²) in [6.45, 7) is -0.932. The molecule has 0 N–H and O–H groups in total. The molecule has 2 saturated carbocycles. The van der Waals surface area contributed by atoms with Gasteiger partial charge >= 0.3 is 6.61 Å². The molecular weight excluding hydrogens is 332 g/mol. The van der Waals surface area contributed by atoms with Crippen LogP contribution in [0.2, 0.25) is 0 Å². The van der Waals surface area contributed by atoms with Crippen LogP contribution in [-0.4, -0.2) is 6.61 Å². The Hall–Kier alpha value is -1.26. The molecule has 1 radical (unpaired) electrons. The largest absolute Gasteiger partial charge is 0.429 e. The Morgan fingerprint density at radius 1 is 0.880 bits per heavy atom. The number of benzene rings is 1. The smallest absolute Gasteiger partial charge is 0.387 e. The maximum Gasteiger partial charge on any atom is 0.387 e. The van der Waals surface area contributed by atoms with Crippen molar-refractivity contribution < 1.29 is 22.3 Å². The molecule has 1 nitrogen and oxygen atoms in total. The van der Waals surface area contributed by atoms with Crippen molar-refractivity contribution in [2.24, 2.45) is 11.8 Å². The van der Waals surface area contributed by atoms with Gasteiger partial charge in [0.1, 0.15) is 0 Å². The maximum absolute atomic E-state index is 13.9. The van der Waals surface area contributed by atoms with E-state index in [-0.39, 0.29) is 5.92 Å². The van der Waals surface area contributed by atoms with Crippen LogP contribution < -0.4 is 4.74 Å². The average molecular weight is 357 g/mol. The van der Waals surface area contributed by atoms with Gasteiger partial charge in [-0.05, 0) is 79.9 Å². The van der Waals surface area contributed by atoms with E-state index in [2.05, 4.69) is 11.7 Å². The summed E-state index contributed by atoms with van der Waals surface area (Å²) in [7, 11) is 0. The normalized spacial score (nSPS) is 26.2. The van der Waals surface area contributed by atoms with Crippen molar-refractivity contribution in [3.63, 3.8) is 0 Å². The SMILES string of the molecule is CC1CC[C](C2CCC(c3cc(F)c(OC(F)F)c(F)c3)CC2)CC1. The fourth-order valence-corrected chi connectivity index (χ4v) is 4.39. The number of hydrogen-bond donors (Lipinski definition) is 0. The van der Waals surface area contributed by atoms with E-state index in [9.17, 15) is 17.6 Å². The quantitative estimate of drug-likeness (QED) is 0.550. The topological polar surface area (TPSA) is 9.23 Å². The highest BCUT2D eigenvalue weighted by Crippen LogP contribution is 2.45. The fraction of sp³-hybridized carbons (Fsp3) is 0.650. The van der Waals surface area contributed by atoms with Crippen LogP contribution in [-0.2, 0) is 0 Å². The molecule has 0 aromatic heterocycles. The van der Waals surface area contributed by atoms with Gasteiger partial charge in [0, 0.05) is 0 Å². The highest BCUT2D eigenvalue weighted by Gasteiger charge is 2.31. The Morgan fingerprint density at radius 3 is 1.92 bits per heavy atom. The van der Waals surface area contributed by atoms with E-state index in [0.717, 1.165) is 43.7 Å². The molecule has 1 aromatic carbocycles. The third kappa shape index (κ3) is 4.48. The summed E-state index contributed by atoms with van der Waals surface area (Å²) in [6, 6.07) is 2.31. The van der Waals surface area contributed by atoms with Crippen LogP contribution in [0.15, 0.2) is 12.1 Å². The van der Waals surface area contributed by atoms with Crippen LogP contribution in [0.25, 0.3) is 0 Å². The lowest BCUT2D eigenvalue weighted by Gasteiger charge is -2.37. The van der Waals surface area contributed by atoms with Gasteiger partial charge in [0.25, 0.3) is 0 Å². The molecule has 0 unspecified atom stereocenters. The average Bonchev–Trinajstić information content (AvgIpc) is 2.59. The van der Waals surface area contributed by atoms with E-state index >= 15 is 0 Å². The van der Waals surface area contributed by atoms with Crippen molar-refractivity contribution >= 4 is 0 Å². The van der Waals surface area contributed by atoms with Gasteiger partial charge in [0.05, 0.1) is 0 Å². The summed E-state index contributed by atoms with van der Waals surface area (Å²) >= 11 is 0. The Bertz CT molecular complexity index is 550. The van der Waals surface area contributed by atoms with Crippen LogP contribution in [0.4, 0.5) is 17.6 Å². The lowest BCUT2D eigenvalue weighted by Crippen LogP contribution is -2.23. The summed E-state index contributed by atoms with van der Waals surface area (Å²) in [5, 5.41) is 0. The molecule has 25 heavy (non-hydrogen) atoms. The summed E-state index contributed by atoms with van der Waals surface area (Å²) in [6.07, 6.45) is 8.86. The second kappa shape index (κ2) is 7.96. The van der Waals surface area contributed by atoms with E-state index in [1.807, 2.05) is 0 Å². The number of hydrogen-bond acceptors (Lipinski definition) is 1. The predicted molar refractivity (Wildman–Crippen MR) is 88.6 cm³/mol. The van der Waals surface area contributed by atoms with Gasteiger partial charge in [-0.1, -0.05) is 19.8 Å². The summed E-state index contributed by atoms with van der Waals surface area (Å²) < 4.78 is 56.2. The molecule has 0 heterocycles. The van der Waals surface area contributed by atoms with E-state index in [1.54, 1.807) is 5.92 Å². The monoisotopic (exact) mass is 357 g/mol. The molecule has 2 fully saturated rings. The zero-order chi connectivity index (χ0) is 18.0. The van der Waals surface area contributed by atoms with Gasteiger partial charge in [0.15, 0.2) is 17.4 Å². The molecule has 0 spiro atoms. The van der Waals surface area contributed by atoms with Crippen molar-refractivity contribution in [1.29, 1.82) is 0 Å². The Morgan fingerprint density at radius 2 is 1.40 bits per heavy atom. The van der Waals surface area contributed by atoms with E-state index in [4.69, 9.17) is 0 Å². The first-order valence-electron chi connectivity index (χ1n) is 9.22. The molecular formula is C20H25F4O. The van der Waals surface area contributed by atoms with Gasteiger partial charge < -0.3 is 4.74 Å². The molecule has 0 bridgehead atoms. The molecule has 5 heteroatoms. The van der Waals surface area contributed by atoms with Crippen molar-refractivity contribution in [3.05, 3.63) is 35.2 Å². The zero-order valence-corrected chi connectivity index (χ0v) is 14.5. The second-order valence-corrected chi connectivity index (χ2v) is 7.58. The predicted octanol–water partition coefficient (Wildman–Crippen LogP) is 6.62. The van der Waals surface area contributed by atoms with Crippen molar-refractivity contribution in [2.45, 2.75) is 70.8 Å². The van der Waals surface area contributed by atoms with Gasteiger partial charge in [-0.3, -0.25) is 0 Å². The number of ether oxygens (including phenoxy) is 1. The van der Waals surface area contributed by atoms with Gasteiger partial charge in [-0.2, -0.15) is 8.78 Å². The summed E-state index contributed by atoms with van der Waals surface area (Å²) in [5.74, 6) is 0.138. The minimum Gasteiger partial charge on any atom is -0.429 e. The fourth-order valence-electron chi connectivity index (χ4n) is 4.39. The molecule has 0 saturated heterocycles. The molecule has 139 valence electrons. The first-order valence-corrected chi connectivity index (χ1v) is 9.22. The Labute approximate surface area is 146 Å². The molecule has 0 atom stereocenters. The third-order valence-corrected chi connectivity index (χ3v) is 5.92. The lowest BCUT2D eigenvalue weighted by atomic mass is 9.68.